The molecular formula is C25H28ClF3N2O2. The monoisotopic (exact) mass is 480 g/mol. The zero-order valence-electron chi connectivity index (χ0n) is 19.3. The molecule has 2 aromatic carbocycles. The molecule has 8 heteroatoms. The molecular weight excluding hydrogens is 453 g/mol. The largest absolute Gasteiger partial charge is 0.443 e. The smallest absolute Gasteiger partial charge is 0.325 e. The first-order chi connectivity index (χ1) is 15.2. The molecule has 0 unspecified atom stereocenters. The summed E-state index contributed by atoms with van der Waals surface area (Å²) >= 11 is 6.00. The summed E-state index contributed by atoms with van der Waals surface area (Å²) in [4.78, 5) is 15.0. The zero-order chi connectivity index (χ0) is 24.5. The Balaban J connectivity index is 2.06. The predicted octanol–water partition coefficient (Wildman–Crippen LogP) is 5.48. The van der Waals surface area contributed by atoms with Crippen LogP contribution in [0.1, 0.15) is 58.1 Å². The number of nitrogens with two attached hydrogens (primary N) is 1. The van der Waals surface area contributed by atoms with Gasteiger partial charge < -0.3 is 10.5 Å². The van der Waals surface area contributed by atoms with Gasteiger partial charge in [0.25, 0.3) is 0 Å². The average molecular weight is 481 g/mol. The Bertz CT molecular complexity index is 1120. The van der Waals surface area contributed by atoms with Gasteiger partial charge in [0.15, 0.2) is 17.4 Å². The van der Waals surface area contributed by atoms with Crippen molar-refractivity contribution in [3.8, 4) is 0 Å². The Labute approximate surface area is 196 Å². The van der Waals surface area contributed by atoms with Crippen LogP contribution in [0.3, 0.4) is 0 Å². The highest BCUT2D eigenvalue weighted by Crippen LogP contribution is 2.58. The van der Waals surface area contributed by atoms with Gasteiger partial charge in [-0.05, 0) is 49.4 Å². The van der Waals surface area contributed by atoms with Crippen molar-refractivity contribution in [3.63, 3.8) is 0 Å². The summed E-state index contributed by atoms with van der Waals surface area (Å²) in [6, 6.07) is 6.22. The minimum atomic E-state index is -1.59. The summed E-state index contributed by atoms with van der Waals surface area (Å²) in [7, 11) is 0. The number of cyclic esters (lactones) is 1. The second kappa shape index (κ2) is 7.72. The Morgan fingerprint density at radius 1 is 1.12 bits per heavy atom. The Hall–Kier alpha value is -2.09. The van der Waals surface area contributed by atoms with Crippen LogP contribution < -0.4 is 5.73 Å². The summed E-state index contributed by atoms with van der Waals surface area (Å²) in [5, 5.41) is 0.180. The first kappa shape index (κ1) is 24.0. The Morgan fingerprint density at radius 3 is 2.39 bits per heavy atom. The van der Waals surface area contributed by atoms with Crippen LogP contribution in [-0.4, -0.2) is 28.7 Å². The molecule has 0 bridgehead atoms. The van der Waals surface area contributed by atoms with Crippen molar-refractivity contribution < 1.29 is 22.7 Å². The highest BCUT2D eigenvalue weighted by Gasteiger charge is 2.69. The van der Waals surface area contributed by atoms with Gasteiger partial charge in [0.2, 0.25) is 0 Å². The van der Waals surface area contributed by atoms with Gasteiger partial charge in [-0.25, -0.2) is 18.1 Å². The van der Waals surface area contributed by atoms with E-state index in [0.29, 0.717) is 6.42 Å². The van der Waals surface area contributed by atoms with Gasteiger partial charge in [-0.3, -0.25) is 4.79 Å². The number of halogens is 4. The van der Waals surface area contributed by atoms with Crippen LogP contribution in [0.25, 0.3) is 0 Å². The highest BCUT2D eigenvalue weighted by molar-refractivity contribution is 6.30. The quantitative estimate of drug-likeness (QED) is 0.591. The second-order valence-corrected chi connectivity index (χ2v) is 11.1. The van der Waals surface area contributed by atoms with Crippen LogP contribution in [0.4, 0.5) is 13.2 Å². The second-order valence-electron chi connectivity index (χ2n) is 10.7. The normalized spacial score (nSPS) is 29.3. The Kier molecular flexibility index (Phi) is 5.62. The van der Waals surface area contributed by atoms with E-state index < -0.39 is 52.7 Å². The topological polar surface area (TPSA) is 55.6 Å². The number of carbonyl (C=O) groups is 1. The van der Waals surface area contributed by atoms with Crippen molar-refractivity contribution in [2.75, 3.05) is 0 Å². The zero-order valence-corrected chi connectivity index (χ0v) is 20.0. The lowest BCUT2D eigenvalue weighted by atomic mass is 9.68. The van der Waals surface area contributed by atoms with Gasteiger partial charge in [-0.15, -0.1) is 0 Å². The van der Waals surface area contributed by atoms with E-state index in [1.54, 1.807) is 13.8 Å². The number of fused-ring (bicyclic) bond motifs is 1. The first-order valence-corrected chi connectivity index (χ1v) is 11.3. The maximum absolute atomic E-state index is 15.4. The molecule has 0 spiro atoms. The van der Waals surface area contributed by atoms with Crippen LogP contribution in [0.2, 0.25) is 5.02 Å². The van der Waals surface area contributed by atoms with Gasteiger partial charge >= 0.3 is 5.97 Å². The van der Waals surface area contributed by atoms with Crippen LogP contribution in [-0.2, 0) is 15.1 Å². The molecule has 4 atom stereocenters. The fourth-order valence-electron chi connectivity index (χ4n) is 5.60. The molecule has 2 heterocycles. The number of benzene rings is 2. The third-order valence-electron chi connectivity index (χ3n) is 6.75. The average Bonchev–Trinajstić information content (AvgIpc) is 3.06. The fourth-order valence-corrected chi connectivity index (χ4v) is 5.75. The lowest BCUT2D eigenvalue weighted by molar-refractivity contribution is -0.152. The molecule has 178 valence electrons. The van der Waals surface area contributed by atoms with E-state index in [4.69, 9.17) is 22.1 Å². The van der Waals surface area contributed by atoms with Crippen molar-refractivity contribution in [2.45, 2.75) is 70.3 Å². The van der Waals surface area contributed by atoms with E-state index in [-0.39, 0.29) is 21.6 Å². The standard InChI is InChI=1S/C25H28ClF3N2O2/c1-23(2,3)12-18-25(30,15-10-9-13(26)11-17(15)28)19(14-7-6-8-16(27)20(14)29)21-22(32)33-24(4,5)31(18)21/h6-11,18-19,21H,12,30H2,1-5H3/t18-,19-,21+,25+/m0/s1. The summed E-state index contributed by atoms with van der Waals surface area (Å²) in [5.41, 5.74) is 4.17. The molecule has 0 aromatic heterocycles. The molecule has 0 amide bonds. The molecule has 2 N–H and O–H groups in total. The number of hydrogen-bond donors (Lipinski definition) is 1. The molecule has 33 heavy (non-hydrogen) atoms. The summed E-state index contributed by atoms with van der Waals surface area (Å²) in [6.07, 6.45) is 0.440. The molecule has 2 aliphatic heterocycles. The van der Waals surface area contributed by atoms with Crippen molar-refractivity contribution in [1.29, 1.82) is 0 Å². The van der Waals surface area contributed by atoms with E-state index >= 15 is 8.78 Å². The van der Waals surface area contributed by atoms with Crippen molar-refractivity contribution in [3.05, 3.63) is 70.0 Å². The van der Waals surface area contributed by atoms with Gasteiger partial charge in [-0.1, -0.05) is 50.6 Å². The highest BCUT2D eigenvalue weighted by atomic mass is 35.5. The third-order valence-corrected chi connectivity index (χ3v) is 6.99. The molecule has 0 radical (unpaired) electrons. The van der Waals surface area contributed by atoms with Crippen molar-refractivity contribution >= 4 is 17.6 Å². The van der Waals surface area contributed by atoms with Crippen molar-refractivity contribution in [1.82, 2.24) is 4.90 Å². The SMILES string of the molecule is CC(C)(C)C[C@@H]1N2[C@@H](C(=O)OC2(C)C)[C@H](c2cccc(F)c2F)[C@@]1(N)c1ccc(Cl)cc1F. The lowest BCUT2D eigenvalue weighted by Crippen LogP contribution is -2.57. The minimum Gasteiger partial charge on any atom is -0.443 e. The van der Waals surface area contributed by atoms with Gasteiger partial charge in [-0.2, -0.15) is 0 Å². The number of hydrogen-bond acceptors (Lipinski definition) is 4. The number of rotatable bonds is 3. The summed E-state index contributed by atoms with van der Waals surface area (Å²) in [6.45, 7) is 9.46. The molecule has 2 aliphatic rings. The van der Waals surface area contributed by atoms with E-state index in [0.717, 1.165) is 12.1 Å². The van der Waals surface area contributed by atoms with Gasteiger partial charge in [0, 0.05) is 22.5 Å². The fraction of sp³-hybridized carbons (Fsp3) is 0.480. The number of ether oxygens (including phenoxy) is 1. The van der Waals surface area contributed by atoms with Crippen molar-refractivity contribution in [2.24, 2.45) is 11.1 Å². The molecule has 2 fully saturated rings. The van der Waals surface area contributed by atoms with Crippen LogP contribution in [0.5, 0.6) is 0 Å². The molecule has 4 nitrogen and oxygen atoms in total. The first-order valence-electron chi connectivity index (χ1n) is 10.9. The third kappa shape index (κ3) is 3.74. The Morgan fingerprint density at radius 2 is 1.79 bits per heavy atom. The van der Waals surface area contributed by atoms with Crippen LogP contribution >= 0.6 is 11.6 Å². The minimum absolute atomic E-state index is 0.0899. The number of esters is 1. The molecule has 0 saturated carbocycles. The summed E-state index contributed by atoms with van der Waals surface area (Å²) in [5.74, 6) is -4.55. The molecule has 2 aromatic rings. The van der Waals surface area contributed by atoms with Crippen LogP contribution in [0, 0.1) is 22.9 Å². The maximum Gasteiger partial charge on any atom is 0.325 e. The van der Waals surface area contributed by atoms with E-state index in [2.05, 4.69) is 0 Å². The number of nitrogens with zero attached hydrogens (tertiary/aromatic N) is 1. The van der Waals surface area contributed by atoms with E-state index in [1.807, 2.05) is 25.7 Å². The number of carbonyl (C=O) groups excluding carboxylic acids is 1. The maximum atomic E-state index is 15.4. The lowest BCUT2D eigenvalue weighted by Gasteiger charge is -2.44. The predicted molar refractivity (Wildman–Crippen MR) is 120 cm³/mol. The van der Waals surface area contributed by atoms with Crippen LogP contribution in [0.15, 0.2) is 36.4 Å². The van der Waals surface area contributed by atoms with Gasteiger partial charge in [0.1, 0.15) is 11.9 Å². The van der Waals surface area contributed by atoms with Gasteiger partial charge in [0.05, 0.1) is 5.54 Å². The summed E-state index contributed by atoms with van der Waals surface area (Å²) < 4.78 is 50.6. The molecule has 4 rings (SSSR count). The van der Waals surface area contributed by atoms with E-state index in [9.17, 15) is 9.18 Å². The molecule has 0 aliphatic carbocycles. The molecule has 2 saturated heterocycles. The van der Waals surface area contributed by atoms with E-state index in [1.165, 1.54) is 24.3 Å².